The molecule has 5 heteroatoms. The number of rotatable bonds is 5. The number of nitrogens with zero attached hydrogens (tertiary/aromatic N) is 4. The van der Waals surface area contributed by atoms with Crippen LogP contribution in [0.5, 0.6) is 0 Å². The lowest BCUT2D eigenvalue weighted by Gasteiger charge is -2.10. The summed E-state index contributed by atoms with van der Waals surface area (Å²) < 4.78 is 11.1. The fourth-order valence-corrected chi connectivity index (χ4v) is 8.73. The Balaban J connectivity index is 1.04. The van der Waals surface area contributed by atoms with E-state index in [9.17, 15) is 0 Å². The Kier molecular flexibility index (Phi) is 6.86. The minimum absolute atomic E-state index is 0.661. The van der Waals surface area contributed by atoms with Gasteiger partial charge in [0.05, 0.1) is 27.6 Å². The van der Waals surface area contributed by atoms with Crippen LogP contribution in [0, 0.1) is 0 Å². The van der Waals surface area contributed by atoms with Crippen LogP contribution in [0.1, 0.15) is 0 Å². The van der Waals surface area contributed by atoms with Gasteiger partial charge in [0.15, 0.2) is 5.82 Å². The molecule has 0 aliphatic carbocycles. The molecule has 0 N–H and O–H groups in total. The number of aromatic nitrogens is 4. The third-order valence-corrected chi connectivity index (χ3v) is 11.3. The maximum atomic E-state index is 6.45. The second-order valence-electron chi connectivity index (χ2n) is 14.6. The van der Waals surface area contributed by atoms with E-state index < -0.39 is 0 Å². The van der Waals surface area contributed by atoms with E-state index in [2.05, 4.69) is 191 Å². The highest BCUT2D eigenvalue weighted by Crippen LogP contribution is 2.41. The fourth-order valence-electron chi connectivity index (χ4n) is 8.73. The average Bonchev–Trinajstić information content (AvgIpc) is 3.94. The molecule has 0 atom stereocenters. The summed E-state index contributed by atoms with van der Waals surface area (Å²) in [5.41, 5.74) is 13.4. The largest absolute Gasteiger partial charge is 0.456 e. The molecule has 0 saturated heterocycles. The van der Waals surface area contributed by atoms with Crippen LogP contribution in [0.4, 0.5) is 0 Å². The lowest BCUT2D eigenvalue weighted by molar-refractivity contribution is 0.669. The minimum Gasteiger partial charge on any atom is -0.456 e. The van der Waals surface area contributed by atoms with Crippen molar-refractivity contribution >= 4 is 65.7 Å². The van der Waals surface area contributed by atoms with Gasteiger partial charge in [0.25, 0.3) is 0 Å². The Morgan fingerprint density at radius 1 is 0.351 bits per heavy atom. The molecule has 12 aromatic rings. The van der Waals surface area contributed by atoms with Crippen LogP contribution < -0.4 is 0 Å². The summed E-state index contributed by atoms with van der Waals surface area (Å²) in [6, 6.07) is 68.3. The summed E-state index contributed by atoms with van der Waals surface area (Å²) in [7, 11) is 0. The van der Waals surface area contributed by atoms with E-state index in [-0.39, 0.29) is 0 Å². The van der Waals surface area contributed by atoms with Crippen LogP contribution in [0.15, 0.2) is 199 Å². The predicted molar refractivity (Wildman–Crippen MR) is 234 cm³/mol. The number of hydrogen-bond donors (Lipinski definition) is 0. The standard InChI is InChI=1S/C52H32N4O/c1-4-14-33(15-5-1)50-49-40-21-11-13-23-45(40)56(38-18-8-3-9-19-38)52(49)54-51(53-50)36-26-29-48-43(32-36)42-31-35(25-28-47(42)57-48)34-24-27-46-41(30-34)39-20-10-12-22-44(39)55(46)37-16-6-2-7-17-37/h1-32H. The molecule has 0 unspecified atom stereocenters. The first-order chi connectivity index (χ1) is 28.3. The highest BCUT2D eigenvalue weighted by Gasteiger charge is 2.21. The predicted octanol–water partition coefficient (Wildman–Crippen LogP) is 13.6. The molecule has 0 fully saturated rings. The third kappa shape index (κ3) is 4.89. The molecule has 0 bridgehead atoms. The summed E-state index contributed by atoms with van der Waals surface area (Å²) in [5.74, 6) is 0.661. The van der Waals surface area contributed by atoms with Crippen molar-refractivity contribution in [2.75, 3.05) is 0 Å². The molecule has 0 aliphatic heterocycles. The second-order valence-corrected chi connectivity index (χ2v) is 14.6. The van der Waals surface area contributed by atoms with Crippen LogP contribution in [0.3, 0.4) is 0 Å². The van der Waals surface area contributed by atoms with Gasteiger partial charge in [-0.05, 0) is 90.0 Å². The summed E-state index contributed by atoms with van der Waals surface area (Å²) in [4.78, 5) is 10.7. The lowest BCUT2D eigenvalue weighted by atomic mass is 10.00. The summed E-state index contributed by atoms with van der Waals surface area (Å²) in [6.07, 6.45) is 0. The third-order valence-electron chi connectivity index (χ3n) is 11.3. The van der Waals surface area contributed by atoms with E-state index >= 15 is 0 Å². The van der Waals surface area contributed by atoms with Gasteiger partial charge in [0, 0.05) is 49.4 Å². The van der Waals surface area contributed by atoms with E-state index in [1.807, 2.05) is 12.1 Å². The van der Waals surface area contributed by atoms with E-state index in [4.69, 9.17) is 14.4 Å². The summed E-state index contributed by atoms with van der Waals surface area (Å²) >= 11 is 0. The van der Waals surface area contributed by atoms with Crippen molar-refractivity contribution in [1.82, 2.24) is 19.1 Å². The van der Waals surface area contributed by atoms with Gasteiger partial charge >= 0.3 is 0 Å². The van der Waals surface area contributed by atoms with Crippen LogP contribution >= 0.6 is 0 Å². The molecular weight excluding hydrogens is 697 g/mol. The number of benzene rings is 8. The monoisotopic (exact) mass is 728 g/mol. The van der Waals surface area contributed by atoms with Gasteiger partial charge in [-0.1, -0.05) is 115 Å². The van der Waals surface area contributed by atoms with Crippen molar-refractivity contribution in [2.24, 2.45) is 0 Å². The van der Waals surface area contributed by atoms with Gasteiger partial charge in [-0.25, -0.2) is 9.97 Å². The number of hydrogen-bond acceptors (Lipinski definition) is 3. The lowest BCUT2D eigenvalue weighted by Crippen LogP contribution is -1.99. The maximum absolute atomic E-state index is 6.45. The van der Waals surface area contributed by atoms with Gasteiger partial charge < -0.3 is 8.98 Å². The summed E-state index contributed by atoms with van der Waals surface area (Å²) in [5, 5.41) is 6.69. The Labute approximate surface area is 327 Å². The molecular formula is C52H32N4O. The number of fused-ring (bicyclic) bond motifs is 9. The molecule has 0 amide bonds. The van der Waals surface area contributed by atoms with Gasteiger partial charge in [-0.15, -0.1) is 0 Å². The van der Waals surface area contributed by atoms with E-state index in [0.29, 0.717) is 5.82 Å². The van der Waals surface area contributed by atoms with Crippen LogP contribution in [-0.2, 0) is 0 Å². The average molecular weight is 729 g/mol. The maximum Gasteiger partial charge on any atom is 0.162 e. The van der Waals surface area contributed by atoms with Crippen LogP contribution in [-0.4, -0.2) is 19.1 Å². The molecule has 0 radical (unpaired) electrons. The molecule has 12 rings (SSSR count). The summed E-state index contributed by atoms with van der Waals surface area (Å²) in [6.45, 7) is 0. The molecule has 8 aromatic carbocycles. The van der Waals surface area contributed by atoms with E-state index in [1.165, 1.54) is 21.8 Å². The first-order valence-corrected chi connectivity index (χ1v) is 19.2. The van der Waals surface area contributed by atoms with Crippen LogP contribution in [0.25, 0.3) is 111 Å². The molecule has 5 nitrogen and oxygen atoms in total. The highest BCUT2D eigenvalue weighted by molar-refractivity contribution is 6.15. The van der Waals surface area contributed by atoms with Crippen molar-refractivity contribution in [1.29, 1.82) is 0 Å². The van der Waals surface area contributed by atoms with Gasteiger partial charge in [0.1, 0.15) is 16.8 Å². The minimum atomic E-state index is 0.661. The van der Waals surface area contributed by atoms with Crippen LogP contribution in [0.2, 0.25) is 0 Å². The quantitative estimate of drug-likeness (QED) is 0.177. The zero-order chi connectivity index (χ0) is 37.5. The normalized spacial score (nSPS) is 11.9. The number of para-hydroxylation sites is 4. The smallest absolute Gasteiger partial charge is 0.162 e. The molecule has 4 heterocycles. The van der Waals surface area contributed by atoms with Crippen molar-refractivity contribution in [3.05, 3.63) is 194 Å². The molecule has 0 aliphatic rings. The van der Waals surface area contributed by atoms with Crippen molar-refractivity contribution < 1.29 is 4.42 Å². The Morgan fingerprint density at radius 2 is 0.860 bits per heavy atom. The Morgan fingerprint density at radius 3 is 1.56 bits per heavy atom. The molecule has 266 valence electrons. The SMILES string of the molecule is c1ccc(-c2nc(-c3ccc4oc5ccc(-c6ccc7c(c6)c6ccccc6n7-c6ccccc6)cc5c4c3)nc3c2c2ccccc2n3-c2ccccc2)cc1. The van der Waals surface area contributed by atoms with Crippen molar-refractivity contribution in [3.63, 3.8) is 0 Å². The van der Waals surface area contributed by atoms with Gasteiger partial charge in [-0.2, -0.15) is 0 Å². The van der Waals surface area contributed by atoms with Crippen molar-refractivity contribution in [2.45, 2.75) is 0 Å². The molecule has 0 spiro atoms. The van der Waals surface area contributed by atoms with Gasteiger partial charge in [-0.3, -0.25) is 4.57 Å². The second kappa shape index (κ2) is 12.4. The zero-order valence-corrected chi connectivity index (χ0v) is 30.7. The molecule has 0 saturated carbocycles. The Hall–Kier alpha value is -7.76. The van der Waals surface area contributed by atoms with Crippen molar-refractivity contribution in [3.8, 4) is 45.1 Å². The van der Waals surface area contributed by atoms with E-state index in [1.54, 1.807) is 0 Å². The molecule has 57 heavy (non-hydrogen) atoms. The fraction of sp³-hybridized carbons (Fsp3) is 0. The topological polar surface area (TPSA) is 48.8 Å². The van der Waals surface area contributed by atoms with E-state index in [0.717, 1.165) is 83.2 Å². The first kappa shape index (κ1) is 31.6. The molecule has 4 aromatic heterocycles. The number of furan rings is 1. The Bertz CT molecular complexity index is 3510. The van der Waals surface area contributed by atoms with Gasteiger partial charge in [0.2, 0.25) is 0 Å². The first-order valence-electron chi connectivity index (χ1n) is 19.2. The zero-order valence-electron chi connectivity index (χ0n) is 30.7. The highest BCUT2D eigenvalue weighted by atomic mass is 16.3.